The van der Waals surface area contributed by atoms with E-state index < -0.39 is 11.6 Å². The molecule has 0 aromatic rings. The first kappa shape index (κ1) is 17.9. The van der Waals surface area contributed by atoms with Gasteiger partial charge in [0.15, 0.2) is 0 Å². The maximum atomic E-state index is 12.0. The molecule has 1 N–H and O–H groups in total. The van der Waals surface area contributed by atoms with Gasteiger partial charge in [0.05, 0.1) is 13.2 Å². The van der Waals surface area contributed by atoms with Gasteiger partial charge in [0, 0.05) is 0 Å². The van der Waals surface area contributed by atoms with Crippen LogP contribution in [0.3, 0.4) is 0 Å². The highest BCUT2D eigenvalue weighted by molar-refractivity contribution is 5.78. The highest BCUT2D eigenvalue weighted by Crippen LogP contribution is 2.12. The lowest BCUT2D eigenvalue weighted by Gasteiger charge is -2.25. The summed E-state index contributed by atoms with van der Waals surface area (Å²) in [5, 5.41) is 2.91. The van der Waals surface area contributed by atoms with Crippen LogP contribution >= 0.6 is 0 Å². The molecule has 0 bridgehead atoms. The number of esters is 2. The molecule has 0 aromatic carbocycles. The molecule has 0 spiro atoms. The Labute approximate surface area is 116 Å². The predicted molar refractivity (Wildman–Crippen MR) is 73.7 cm³/mol. The van der Waals surface area contributed by atoms with E-state index in [0.717, 1.165) is 0 Å². The van der Waals surface area contributed by atoms with Crippen LogP contribution in [0.1, 0.15) is 48.0 Å². The van der Waals surface area contributed by atoms with Crippen molar-refractivity contribution in [3.05, 3.63) is 0 Å². The highest BCUT2D eigenvalue weighted by atomic mass is 16.6. The lowest BCUT2D eigenvalue weighted by molar-refractivity contribution is -0.158. The second kappa shape index (κ2) is 8.15. The summed E-state index contributed by atoms with van der Waals surface area (Å²) in [7, 11) is 0. The molecule has 0 unspecified atom stereocenters. The third kappa shape index (κ3) is 9.47. The van der Waals surface area contributed by atoms with Crippen LogP contribution in [-0.4, -0.2) is 36.7 Å². The second-order valence-electron chi connectivity index (χ2n) is 5.90. The average Bonchev–Trinajstić information content (AvgIpc) is 2.21. The molecule has 0 rings (SSSR count). The molecule has 112 valence electrons. The van der Waals surface area contributed by atoms with E-state index in [1.807, 2.05) is 34.6 Å². The molecule has 0 radical (unpaired) electrons. The van der Waals surface area contributed by atoms with Crippen LogP contribution in [0.15, 0.2) is 0 Å². The van der Waals surface area contributed by atoms with Gasteiger partial charge in [0.25, 0.3) is 0 Å². The number of carbonyl (C=O) groups is 2. The molecule has 0 fully saturated rings. The standard InChI is InChI=1S/C14H27NO4/c1-7-18-12(16)9-15-11(8-10(2)3)13(17)19-14(4,5)6/h10-11,15H,7-9H2,1-6H3/t11-/m0/s1. The van der Waals surface area contributed by atoms with E-state index in [-0.39, 0.29) is 18.5 Å². The monoisotopic (exact) mass is 273 g/mol. The van der Waals surface area contributed by atoms with Gasteiger partial charge in [-0.25, -0.2) is 0 Å². The van der Waals surface area contributed by atoms with Crippen molar-refractivity contribution in [3.63, 3.8) is 0 Å². The van der Waals surface area contributed by atoms with Crippen LogP contribution in [-0.2, 0) is 19.1 Å². The summed E-state index contributed by atoms with van der Waals surface area (Å²) in [5.41, 5.74) is -0.530. The van der Waals surface area contributed by atoms with E-state index in [0.29, 0.717) is 18.9 Å². The maximum Gasteiger partial charge on any atom is 0.323 e. The van der Waals surface area contributed by atoms with Crippen molar-refractivity contribution >= 4 is 11.9 Å². The van der Waals surface area contributed by atoms with Crippen molar-refractivity contribution in [2.45, 2.75) is 59.6 Å². The first-order valence-corrected chi connectivity index (χ1v) is 6.77. The molecule has 0 aliphatic heterocycles. The first-order chi connectivity index (χ1) is 8.65. The normalized spacial score (nSPS) is 13.2. The first-order valence-electron chi connectivity index (χ1n) is 6.77. The van der Waals surface area contributed by atoms with Crippen molar-refractivity contribution < 1.29 is 19.1 Å². The third-order valence-electron chi connectivity index (χ3n) is 2.20. The molecule has 5 nitrogen and oxygen atoms in total. The van der Waals surface area contributed by atoms with Crippen molar-refractivity contribution in [2.24, 2.45) is 5.92 Å². The van der Waals surface area contributed by atoms with Crippen LogP contribution < -0.4 is 5.32 Å². The SMILES string of the molecule is CCOC(=O)CN[C@@H](CC(C)C)C(=O)OC(C)(C)C. The maximum absolute atomic E-state index is 12.0. The Morgan fingerprint density at radius 2 is 1.79 bits per heavy atom. The summed E-state index contributed by atoms with van der Waals surface area (Å²) >= 11 is 0. The van der Waals surface area contributed by atoms with Crippen LogP contribution in [0.25, 0.3) is 0 Å². The molecule has 19 heavy (non-hydrogen) atoms. The van der Waals surface area contributed by atoms with Crippen molar-refractivity contribution in [1.82, 2.24) is 5.32 Å². The van der Waals surface area contributed by atoms with Crippen molar-refractivity contribution in [1.29, 1.82) is 0 Å². The van der Waals surface area contributed by atoms with Gasteiger partial charge >= 0.3 is 11.9 Å². The van der Waals surface area contributed by atoms with Gasteiger partial charge in [0.1, 0.15) is 11.6 Å². The predicted octanol–water partition coefficient (Wildman–Crippen LogP) is 1.90. The molecule has 0 heterocycles. The molecule has 5 heteroatoms. The van der Waals surface area contributed by atoms with E-state index >= 15 is 0 Å². The fourth-order valence-corrected chi connectivity index (χ4v) is 1.53. The molecule has 0 aliphatic carbocycles. The molecule has 0 aromatic heterocycles. The Morgan fingerprint density at radius 1 is 1.21 bits per heavy atom. The number of hydrogen-bond donors (Lipinski definition) is 1. The Morgan fingerprint density at radius 3 is 2.21 bits per heavy atom. The third-order valence-corrected chi connectivity index (χ3v) is 2.20. The molecule has 0 saturated carbocycles. The molecule has 0 aliphatic rings. The smallest absolute Gasteiger partial charge is 0.323 e. The molecule has 0 saturated heterocycles. The Balaban J connectivity index is 4.45. The molecular weight excluding hydrogens is 246 g/mol. The average molecular weight is 273 g/mol. The lowest BCUT2D eigenvalue weighted by Crippen LogP contribution is -2.44. The largest absolute Gasteiger partial charge is 0.465 e. The van der Waals surface area contributed by atoms with Crippen molar-refractivity contribution in [3.8, 4) is 0 Å². The molecule has 1 atom stereocenters. The fraction of sp³-hybridized carbons (Fsp3) is 0.857. The van der Waals surface area contributed by atoms with Gasteiger partial charge in [-0.1, -0.05) is 13.8 Å². The Kier molecular flexibility index (Phi) is 7.68. The minimum Gasteiger partial charge on any atom is -0.465 e. The van der Waals surface area contributed by atoms with Crippen LogP contribution in [0.4, 0.5) is 0 Å². The zero-order valence-corrected chi connectivity index (χ0v) is 12.9. The van der Waals surface area contributed by atoms with Crippen molar-refractivity contribution in [2.75, 3.05) is 13.2 Å². The Bertz CT molecular complexity index is 294. The minimum absolute atomic E-state index is 0.0183. The van der Waals surface area contributed by atoms with Gasteiger partial charge < -0.3 is 9.47 Å². The zero-order chi connectivity index (χ0) is 15.1. The van der Waals surface area contributed by atoms with Crippen LogP contribution in [0, 0.1) is 5.92 Å². The highest BCUT2D eigenvalue weighted by Gasteiger charge is 2.26. The van der Waals surface area contributed by atoms with E-state index in [1.165, 1.54) is 0 Å². The number of ether oxygens (including phenoxy) is 2. The van der Waals surface area contributed by atoms with E-state index in [4.69, 9.17) is 9.47 Å². The minimum atomic E-state index is -0.530. The molecule has 0 amide bonds. The number of rotatable bonds is 7. The van der Waals surface area contributed by atoms with E-state index in [2.05, 4.69) is 5.32 Å². The summed E-state index contributed by atoms with van der Waals surface area (Å²) in [5.74, 6) is -0.363. The van der Waals surface area contributed by atoms with Crippen LogP contribution in [0.2, 0.25) is 0 Å². The van der Waals surface area contributed by atoms with Gasteiger partial charge in [-0.15, -0.1) is 0 Å². The number of hydrogen-bond acceptors (Lipinski definition) is 5. The Hall–Kier alpha value is -1.10. The summed E-state index contributed by atoms with van der Waals surface area (Å²) in [6.07, 6.45) is 0.619. The van der Waals surface area contributed by atoms with Gasteiger partial charge in [-0.2, -0.15) is 0 Å². The van der Waals surface area contributed by atoms with Gasteiger partial charge in [-0.3, -0.25) is 14.9 Å². The topological polar surface area (TPSA) is 64.6 Å². The number of nitrogens with one attached hydrogen (secondary N) is 1. The quantitative estimate of drug-likeness (QED) is 0.718. The summed E-state index contributed by atoms with van der Waals surface area (Å²) < 4.78 is 10.2. The summed E-state index contributed by atoms with van der Waals surface area (Å²) in [6.45, 7) is 11.6. The summed E-state index contributed by atoms with van der Waals surface area (Å²) in [6, 6.07) is -0.483. The number of carbonyl (C=O) groups excluding carboxylic acids is 2. The van der Waals surface area contributed by atoms with Crippen LogP contribution in [0.5, 0.6) is 0 Å². The molecular formula is C14H27NO4. The summed E-state index contributed by atoms with van der Waals surface area (Å²) in [4.78, 5) is 23.3. The van der Waals surface area contributed by atoms with E-state index in [1.54, 1.807) is 6.92 Å². The zero-order valence-electron chi connectivity index (χ0n) is 12.9. The van der Waals surface area contributed by atoms with Gasteiger partial charge in [-0.05, 0) is 40.0 Å². The second-order valence-corrected chi connectivity index (χ2v) is 5.90. The fourth-order valence-electron chi connectivity index (χ4n) is 1.53. The van der Waals surface area contributed by atoms with E-state index in [9.17, 15) is 9.59 Å². The lowest BCUT2D eigenvalue weighted by atomic mass is 10.0. The van der Waals surface area contributed by atoms with Gasteiger partial charge in [0.2, 0.25) is 0 Å².